The summed E-state index contributed by atoms with van der Waals surface area (Å²) in [4.78, 5) is 14.2. The van der Waals surface area contributed by atoms with Gasteiger partial charge >= 0.3 is 5.69 Å². The van der Waals surface area contributed by atoms with Crippen molar-refractivity contribution < 1.29 is 4.74 Å². The zero-order valence-corrected chi connectivity index (χ0v) is 9.54. The van der Waals surface area contributed by atoms with Crippen LogP contribution in [-0.2, 0) is 7.05 Å². The van der Waals surface area contributed by atoms with E-state index in [2.05, 4.69) is 4.98 Å². The van der Waals surface area contributed by atoms with Gasteiger partial charge in [-0.05, 0) is 12.8 Å². The Hall–Kier alpha value is -1.42. The zero-order chi connectivity index (χ0) is 11.3. The van der Waals surface area contributed by atoms with Crippen molar-refractivity contribution in [3.8, 4) is 5.75 Å². The molecule has 1 heterocycles. The molecule has 1 saturated carbocycles. The number of rotatable bonds is 2. The topological polar surface area (TPSA) is 47.0 Å². The summed E-state index contributed by atoms with van der Waals surface area (Å²) in [7, 11) is 1.71. The number of aromatic nitrogens is 2. The molecule has 84 valence electrons. The third-order valence-electron chi connectivity index (χ3n) is 2.77. The highest BCUT2D eigenvalue weighted by molar-refractivity contribution is 6.35. The fourth-order valence-corrected chi connectivity index (χ4v) is 1.95. The van der Waals surface area contributed by atoms with E-state index in [0.717, 1.165) is 24.1 Å². The van der Waals surface area contributed by atoms with Crippen LogP contribution in [-0.4, -0.2) is 15.7 Å². The highest BCUT2D eigenvalue weighted by Gasteiger charge is 2.24. The van der Waals surface area contributed by atoms with E-state index < -0.39 is 0 Å². The first-order chi connectivity index (χ1) is 7.65. The number of fused-ring (bicyclic) bond motifs is 1. The lowest BCUT2D eigenvalue weighted by Crippen LogP contribution is -2.11. The predicted molar refractivity (Wildman–Crippen MR) is 62.2 cm³/mol. The maximum absolute atomic E-state index is 11.4. The molecule has 0 aliphatic heterocycles. The molecule has 3 rings (SSSR count). The van der Waals surface area contributed by atoms with Gasteiger partial charge in [0.05, 0.1) is 22.2 Å². The molecule has 0 atom stereocenters. The van der Waals surface area contributed by atoms with Crippen LogP contribution in [0.25, 0.3) is 11.0 Å². The Labute approximate surface area is 96.8 Å². The third kappa shape index (κ3) is 1.50. The number of hydrogen-bond acceptors (Lipinski definition) is 2. The molecule has 5 heteroatoms. The number of ether oxygens (including phenoxy) is 1. The molecule has 4 nitrogen and oxygen atoms in total. The van der Waals surface area contributed by atoms with Crippen molar-refractivity contribution in [3.63, 3.8) is 0 Å². The average molecular weight is 239 g/mol. The molecular weight excluding hydrogens is 228 g/mol. The number of imidazole rings is 1. The summed E-state index contributed by atoms with van der Waals surface area (Å²) in [6.07, 6.45) is 2.52. The van der Waals surface area contributed by atoms with Crippen LogP contribution >= 0.6 is 11.6 Å². The van der Waals surface area contributed by atoms with Gasteiger partial charge in [-0.15, -0.1) is 0 Å². The monoisotopic (exact) mass is 238 g/mol. The average Bonchev–Trinajstić information content (AvgIpc) is 2.99. The van der Waals surface area contributed by atoms with E-state index in [4.69, 9.17) is 16.3 Å². The molecule has 0 bridgehead atoms. The Morgan fingerprint density at radius 1 is 1.50 bits per heavy atom. The Kier molecular flexibility index (Phi) is 2.01. The summed E-state index contributed by atoms with van der Waals surface area (Å²) in [5, 5.41) is 0.519. The molecule has 1 aliphatic carbocycles. The van der Waals surface area contributed by atoms with Gasteiger partial charge < -0.3 is 9.72 Å². The summed E-state index contributed by atoms with van der Waals surface area (Å²) in [5.74, 6) is 0.731. The smallest absolute Gasteiger partial charge is 0.326 e. The normalized spacial score (nSPS) is 15.6. The number of nitrogens with one attached hydrogen (secondary N) is 1. The van der Waals surface area contributed by atoms with E-state index in [-0.39, 0.29) is 5.69 Å². The Morgan fingerprint density at radius 2 is 2.25 bits per heavy atom. The number of aromatic amines is 1. The van der Waals surface area contributed by atoms with E-state index in [1.807, 2.05) is 6.07 Å². The van der Waals surface area contributed by atoms with Crippen LogP contribution in [0.15, 0.2) is 16.9 Å². The maximum Gasteiger partial charge on any atom is 0.326 e. The first-order valence-corrected chi connectivity index (χ1v) is 5.58. The maximum atomic E-state index is 11.4. The van der Waals surface area contributed by atoms with Gasteiger partial charge in [-0.2, -0.15) is 0 Å². The predicted octanol–water partition coefficient (Wildman–Crippen LogP) is 2.06. The highest BCUT2D eigenvalue weighted by atomic mass is 35.5. The Bertz CT molecular complexity index is 610. The summed E-state index contributed by atoms with van der Waals surface area (Å²) in [6, 6.07) is 3.59. The third-order valence-corrected chi connectivity index (χ3v) is 3.07. The van der Waals surface area contributed by atoms with Gasteiger partial charge in [-0.25, -0.2) is 4.79 Å². The van der Waals surface area contributed by atoms with Crippen LogP contribution in [0.5, 0.6) is 5.75 Å². The van der Waals surface area contributed by atoms with Crippen molar-refractivity contribution in [1.82, 2.24) is 9.55 Å². The minimum absolute atomic E-state index is 0.166. The van der Waals surface area contributed by atoms with Gasteiger partial charge in [-0.1, -0.05) is 11.6 Å². The number of nitrogens with zero attached hydrogens (tertiary/aromatic N) is 1. The van der Waals surface area contributed by atoms with Crippen LogP contribution in [0.3, 0.4) is 0 Å². The molecule has 1 aromatic heterocycles. The van der Waals surface area contributed by atoms with Gasteiger partial charge in [0, 0.05) is 19.2 Å². The molecule has 0 amide bonds. The number of aryl methyl sites for hydroxylation is 1. The van der Waals surface area contributed by atoms with Crippen LogP contribution in [0.2, 0.25) is 5.02 Å². The summed E-state index contributed by atoms with van der Waals surface area (Å²) < 4.78 is 7.19. The second-order valence-corrected chi connectivity index (χ2v) is 4.51. The molecule has 16 heavy (non-hydrogen) atoms. The van der Waals surface area contributed by atoms with Crippen molar-refractivity contribution in [1.29, 1.82) is 0 Å². The second kappa shape index (κ2) is 3.28. The van der Waals surface area contributed by atoms with E-state index >= 15 is 0 Å². The molecule has 1 aromatic carbocycles. The summed E-state index contributed by atoms with van der Waals surface area (Å²) in [5.41, 5.74) is 1.27. The van der Waals surface area contributed by atoms with Gasteiger partial charge in [-0.3, -0.25) is 4.57 Å². The first-order valence-electron chi connectivity index (χ1n) is 5.20. The standard InChI is InChI=1S/C11H11ClN2O2/c1-14-9-5-7(16-6-2-3-6)4-8(12)10(9)13-11(14)15/h4-6H,2-3H2,1H3,(H,13,15). The molecular formula is C11H11ClN2O2. The molecule has 1 N–H and O–H groups in total. The summed E-state index contributed by atoms with van der Waals surface area (Å²) in [6.45, 7) is 0. The van der Waals surface area contributed by atoms with Crippen LogP contribution in [0.4, 0.5) is 0 Å². The first kappa shape index (κ1) is 9.78. The lowest BCUT2D eigenvalue weighted by atomic mass is 10.3. The van der Waals surface area contributed by atoms with Crippen LogP contribution < -0.4 is 10.4 Å². The molecule has 1 aliphatic rings. The number of benzene rings is 1. The SMILES string of the molecule is Cn1c(=O)[nH]c2c(Cl)cc(OC3CC3)cc21. The molecule has 2 aromatic rings. The lowest BCUT2D eigenvalue weighted by Gasteiger charge is -2.05. The molecule has 1 fully saturated rings. The van der Waals surface area contributed by atoms with Gasteiger partial charge in [0.2, 0.25) is 0 Å². The highest BCUT2D eigenvalue weighted by Crippen LogP contribution is 2.31. The van der Waals surface area contributed by atoms with Crippen LogP contribution in [0.1, 0.15) is 12.8 Å². The quantitative estimate of drug-likeness (QED) is 0.871. The second-order valence-electron chi connectivity index (χ2n) is 4.11. The molecule has 0 spiro atoms. The minimum atomic E-state index is -0.166. The van der Waals surface area contributed by atoms with Crippen molar-refractivity contribution >= 4 is 22.6 Å². The van der Waals surface area contributed by atoms with E-state index in [1.54, 1.807) is 13.1 Å². The van der Waals surface area contributed by atoms with Gasteiger partial charge in [0.15, 0.2) is 0 Å². The van der Waals surface area contributed by atoms with Gasteiger partial charge in [0.1, 0.15) is 5.75 Å². The Balaban J connectivity index is 2.18. The van der Waals surface area contributed by atoms with Crippen molar-refractivity contribution in [3.05, 3.63) is 27.6 Å². The number of halogens is 1. The fraction of sp³-hybridized carbons (Fsp3) is 0.364. The molecule has 0 saturated heterocycles. The zero-order valence-electron chi connectivity index (χ0n) is 8.79. The summed E-state index contributed by atoms with van der Waals surface area (Å²) >= 11 is 6.09. The van der Waals surface area contributed by atoms with Crippen molar-refractivity contribution in [2.75, 3.05) is 0 Å². The van der Waals surface area contributed by atoms with E-state index in [1.165, 1.54) is 4.57 Å². The van der Waals surface area contributed by atoms with Crippen molar-refractivity contribution in [2.24, 2.45) is 7.05 Å². The largest absolute Gasteiger partial charge is 0.490 e. The number of hydrogen-bond donors (Lipinski definition) is 1. The van der Waals surface area contributed by atoms with Gasteiger partial charge in [0.25, 0.3) is 0 Å². The lowest BCUT2D eigenvalue weighted by molar-refractivity contribution is 0.303. The number of H-pyrrole nitrogens is 1. The fourth-order valence-electron chi connectivity index (χ4n) is 1.70. The molecule has 0 unspecified atom stereocenters. The van der Waals surface area contributed by atoms with Crippen LogP contribution in [0, 0.1) is 0 Å². The van der Waals surface area contributed by atoms with Crippen molar-refractivity contribution in [2.45, 2.75) is 18.9 Å². The molecule has 0 radical (unpaired) electrons. The Morgan fingerprint density at radius 3 is 2.94 bits per heavy atom. The minimum Gasteiger partial charge on any atom is -0.490 e. The van der Waals surface area contributed by atoms with E-state index in [9.17, 15) is 4.79 Å². The van der Waals surface area contributed by atoms with E-state index in [0.29, 0.717) is 16.6 Å².